The summed E-state index contributed by atoms with van der Waals surface area (Å²) in [4.78, 5) is 11.6. The lowest BCUT2D eigenvalue weighted by Gasteiger charge is -2.20. The molecule has 0 saturated heterocycles. The molecule has 0 radical (unpaired) electrons. The maximum Gasteiger partial charge on any atom is 0.167 e. The summed E-state index contributed by atoms with van der Waals surface area (Å²) in [5, 5.41) is 0. The fourth-order valence-corrected chi connectivity index (χ4v) is 1.46. The van der Waals surface area contributed by atoms with Crippen molar-refractivity contribution in [2.45, 2.75) is 33.8 Å². The molecule has 1 atom stereocenters. The lowest BCUT2D eigenvalue weighted by atomic mass is 10.1. The van der Waals surface area contributed by atoms with Crippen molar-refractivity contribution in [2.24, 2.45) is 5.92 Å². The van der Waals surface area contributed by atoms with Crippen molar-refractivity contribution < 1.29 is 14.3 Å². The van der Waals surface area contributed by atoms with Gasteiger partial charge in [0.05, 0.1) is 13.2 Å². The molecule has 0 heterocycles. The van der Waals surface area contributed by atoms with Gasteiger partial charge in [-0.2, -0.15) is 0 Å². The van der Waals surface area contributed by atoms with Crippen molar-refractivity contribution in [3.8, 4) is 11.5 Å². The van der Waals surface area contributed by atoms with E-state index in [4.69, 9.17) is 9.47 Å². The van der Waals surface area contributed by atoms with Crippen molar-refractivity contribution in [2.75, 3.05) is 7.11 Å². The SMILES string of the molecule is COc1cccc(OC(C)C(C)C)c1C(C)=O. The number of ether oxygens (including phenoxy) is 2. The Balaban J connectivity index is 3.10. The molecule has 1 aromatic carbocycles. The van der Waals surface area contributed by atoms with E-state index in [9.17, 15) is 4.79 Å². The second kappa shape index (κ2) is 5.71. The van der Waals surface area contributed by atoms with Gasteiger partial charge in [0.2, 0.25) is 0 Å². The normalized spacial score (nSPS) is 12.4. The van der Waals surface area contributed by atoms with Gasteiger partial charge < -0.3 is 9.47 Å². The molecule has 3 nitrogen and oxygen atoms in total. The summed E-state index contributed by atoms with van der Waals surface area (Å²) in [5.41, 5.74) is 0.516. The minimum atomic E-state index is -0.0478. The van der Waals surface area contributed by atoms with Crippen LogP contribution in [0.2, 0.25) is 0 Å². The first kappa shape index (κ1) is 13.6. The molecule has 1 rings (SSSR count). The van der Waals surface area contributed by atoms with E-state index in [1.54, 1.807) is 19.2 Å². The standard InChI is InChI=1S/C14H20O3/c1-9(2)11(4)17-13-8-6-7-12(16-5)14(13)10(3)15/h6-9,11H,1-5H3. The zero-order chi connectivity index (χ0) is 13.0. The Labute approximate surface area is 103 Å². The molecule has 0 bridgehead atoms. The van der Waals surface area contributed by atoms with Gasteiger partial charge in [0.25, 0.3) is 0 Å². The van der Waals surface area contributed by atoms with Crippen molar-refractivity contribution in [1.82, 2.24) is 0 Å². The molecule has 1 unspecified atom stereocenters. The zero-order valence-electron chi connectivity index (χ0n) is 11.1. The van der Waals surface area contributed by atoms with Crippen LogP contribution in [0.5, 0.6) is 11.5 Å². The van der Waals surface area contributed by atoms with Gasteiger partial charge in [-0.1, -0.05) is 19.9 Å². The molecule has 0 fully saturated rings. The van der Waals surface area contributed by atoms with E-state index < -0.39 is 0 Å². The summed E-state index contributed by atoms with van der Waals surface area (Å²) in [5.74, 6) is 1.50. The van der Waals surface area contributed by atoms with Crippen molar-refractivity contribution in [3.05, 3.63) is 23.8 Å². The Bertz CT molecular complexity index is 396. The molecule has 1 aromatic rings. The highest BCUT2D eigenvalue weighted by Crippen LogP contribution is 2.30. The van der Waals surface area contributed by atoms with E-state index >= 15 is 0 Å². The van der Waals surface area contributed by atoms with Gasteiger partial charge in [0, 0.05) is 0 Å². The number of hydrogen-bond donors (Lipinski definition) is 0. The molecule has 0 aromatic heterocycles. The second-order valence-corrected chi connectivity index (χ2v) is 4.46. The number of methoxy groups -OCH3 is 1. The van der Waals surface area contributed by atoms with Gasteiger partial charge in [-0.3, -0.25) is 4.79 Å². The quantitative estimate of drug-likeness (QED) is 0.736. The number of carbonyl (C=O) groups excluding carboxylic acids is 1. The van der Waals surface area contributed by atoms with Crippen molar-refractivity contribution >= 4 is 5.78 Å². The van der Waals surface area contributed by atoms with Gasteiger partial charge in [-0.25, -0.2) is 0 Å². The third-order valence-electron chi connectivity index (χ3n) is 2.81. The number of Topliss-reactive ketones (excluding diaryl/α,β-unsaturated/α-hetero) is 1. The fourth-order valence-electron chi connectivity index (χ4n) is 1.46. The van der Waals surface area contributed by atoms with Gasteiger partial charge in [0.1, 0.15) is 17.1 Å². The largest absolute Gasteiger partial charge is 0.496 e. The topological polar surface area (TPSA) is 35.5 Å². The summed E-state index contributed by atoms with van der Waals surface area (Å²) >= 11 is 0. The van der Waals surface area contributed by atoms with Crippen LogP contribution in [0.4, 0.5) is 0 Å². The third-order valence-corrected chi connectivity index (χ3v) is 2.81. The van der Waals surface area contributed by atoms with Crippen LogP contribution in [-0.2, 0) is 0 Å². The first-order chi connectivity index (χ1) is 7.97. The van der Waals surface area contributed by atoms with Crippen molar-refractivity contribution in [1.29, 1.82) is 0 Å². The first-order valence-corrected chi connectivity index (χ1v) is 5.82. The minimum Gasteiger partial charge on any atom is -0.496 e. The van der Waals surface area contributed by atoms with Crippen LogP contribution in [0.1, 0.15) is 38.1 Å². The molecule has 0 N–H and O–H groups in total. The molecule has 0 aliphatic rings. The van der Waals surface area contributed by atoms with E-state index in [2.05, 4.69) is 13.8 Å². The average molecular weight is 236 g/mol. The molecular weight excluding hydrogens is 216 g/mol. The summed E-state index contributed by atoms with van der Waals surface area (Å²) < 4.78 is 11.0. The van der Waals surface area contributed by atoms with Crippen LogP contribution < -0.4 is 9.47 Å². The summed E-state index contributed by atoms with van der Waals surface area (Å²) in [6.45, 7) is 7.68. The lowest BCUT2D eigenvalue weighted by molar-refractivity contribution is 0.0999. The van der Waals surface area contributed by atoms with E-state index in [1.807, 2.05) is 13.0 Å². The molecular formula is C14H20O3. The third kappa shape index (κ3) is 3.22. The smallest absolute Gasteiger partial charge is 0.167 e. The molecule has 0 aliphatic carbocycles. The highest BCUT2D eigenvalue weighted by Gasteiger charge is 2.17. The van der Waals surface area contributed by atoms with E-state index in [-0.39, 0.29) is 11.9 Å². The van der Waals surface area contributed by atoms with Gasteiger partial charge in [0.15, 0.2) is 5.78 Å². The van der Waals surface area contributed by atoms with Crippen LogP contribution in [0.25, 0.3) is 0 Å². The van der Waals surface area contributed by atoms with Gasteiger partial charge in [-0.15, -0.1) is 0 Å². The molecule has 0 spiro atoms. The number of rotatable bonds is 5. The summed E-state index contributed by atoms with van der Waals surface area (Å²) in [6, 6.07) is 5.40. The van der Waals surface area contributed by atoms with Crippen LogP contribution in [0, 0.1) is 5.92 Å². The Morgan fingerprint density at radius 2 is 1.76 bits per heavy atom. The van der Waals surface area contributed by atoms with Crippen LogP contribution in [0.3, 0.4) is 0 Å². The van der Waals surface area contributed by atoms with Crippen LogP contribution in [0.15, 0.2) is 18.2 Å². The Hall–Kier alpha value is -1.51. The predicted octanol–water partition coefficient (Wildman–Crippen LogP) is 3.32. The molecule has 17 heavy (non-hydrogen) atoms. The van der Waals surface area contributed by atoms with E-state index in [1.165, 1.54) is 6.92 Å². The Kier molecular flexibility index (Phi) is 4.55. The monoisotopic (exact) mass is 236 g/mol. The molecule has 0 amide bonds. The molecule has 0 saturated carbocycles. The summed E-state index contributed by atoms with van der Waals surface area (Å²) in [6.07, 6.45) is 0.0557. The second-order valence-electron chi connectivity index (χ2n) is 4.46. The van der Waals surface area contributed by atoms with Gasteiger partial charge in [-0.05, 0) is 31.9 Å². The maximum atomic E-state index is 11.6. The predicted molar refractivity (Wildman–Crippen MR) is 67.9 cm³/mol. The first-order valence-electron chi connectivity index (χ1n) is 5.82. The Morgan fingerprint density at radius 3 is 2.24 bits per heavy atom. The van der Waals surface area contributed by atoms with Crippen LogP contribution in [-0.4, -0.2) is 19.0 Å². The highest BCUT2D eigenvalue weighted by atomic mass is 16.5. The lowest BCUT2D eigenvalue weighted by Crippen LogP contribution is -2.20. The Morgan fingerprint density at radius 1 is 1.18 bits per heavy atom. The van der Waals surface area contributed by atoms with Crippen molar-refractivity contribution in [3.63, 3.8) is 0 Å². The number of ketones is 1. The minimum absolute atomic E-state index is 0.0478. The van der Waals surface area contributed by atoms with Crippen LogP contribution >= 0.6 is 0 Å². The van der Waals surface area contributed by atoms with E-state index in [0.717, 1.165) is 0 Å². The van der Waals surface area contributed by atoms with E-state index in [0.29, 0.717) is 23.0 Å². The molecule has 3 heteroatoms. The highest BCUT2D eigenvalue weighted by molar-refractivity contribution is 5.99. The number of carbonyl (C=O) groups is 1. The number of benzene rings is 1. The molecule has 0 aliphatic heterocycles. The maximum absolute atomic E-state index is 11.6. The molecule has 94 valence electrons. The zero-order valence-corrected chi connectivity index (χ0v) is 11.1. The number of hydrogen-bond acceptors (Lipinski definition) is 3. The summed E-state index contributed by atoms with van der Waals surface area (Å²) in [7, 11) is 1.55. The average Bonchev–Trinajstić information content (AvgIpc) is 2.27. The van der Waals surface area contributed by atoms with Gasteiger partial charge >= 0.3 is 0 Å². The fraction of sp³-hybridized carbons (Fsp3) is 0.500.